The normalized spacial score (nSPS) is 11.0. The van der Waals surface area contributed by atoms with Crippen molar-refractivity contribution >= 4 is 39.1 Å². The molecule has 0 spiro atoms. The highest BCUT2D eigenvalue weighted by molar-refractivity contribution is 9.10. The highest BCUT2D eigenvalue weighted by Gasteiger charge is 2.04. The van der Waals surface area contributed by atoms with E-state index in [2.05, 4.69) is 36.4 Å². The average Bonchev–Trinajstić information content (AvgIpc) is 2.55. The van der Waals surface area contributed by atoms with Crippen molar-refractivity contribution in [1.82, 2.24) is 15.4 Å². The minimum Gasteiger partial charge on any atom is -0.267 e. The molecule has 0 radical (unpaired) electrons. The lowest BCUT2D eigenvalue weighted by Gasteiger charge is -2.01. The molecule has 0 aliphatic heterocycles. The third-order valence-electron chi connectivity index (χ3n) is 3.01. The van der Waals surface area contributed by atoms with Gasteiger partial charge in [0.2, 0.25) is 0 Å². The van der Waals surface area contributed by atoms with Gasteiger partial charge in [-0.25, -0.2) is 5.43 Å². The lowest BCUT2D eigenvalue weighted by molar-refractivity contribution is 0.0955. The van der Waals surface area contributed by atoms with Crippen LogP contribution in [0.3, 0.4) is 0 Å². The fourth-order valence-electron chi connectivity index (χ4n) is 1.95. The molecular formula is C16H11BrN4O. The van der Waals surface area contributed by atoms with Crippen LogP contribution in [0.15, 0.2) is 64.4 Å². The molecule has 108 valence electrons. The molecule has 0 bridgehead atoms. The number of hydrazone groups is 1. The van der Waals surface area contributed by atoms with Gasteiger partial charge in [-0.15, -0.1) is 0 Å². The maximum Gasteiger partial charge on any atom is 0.271 e. The van der Waals surface area contributed by atoms with E-state index in [1.807, 2.05) is 18.2 Å². The quantitative estimate of drug-likeness (QED) is 0.580. The van der Waals surface area contributed by atoms with Crippen molar-refractivity contribution in [2.45, 2.75) is 0 Å². The van der Waals surface area contributed by atoms with Gasteiger partial charge >= 0.3 is 0 Å². The number of aromatic nitrogens is 2. The molecule has 5 nitrogen and oxygen atoms in total. The number of nitrogens with one attached hydrogen (secondary N) is 1. The standard InChI is InChI=1S/C16H11BrN4O/c17-13-6-4-11(5-7-13)16(22)21-20-10-12-2-1-3-14-15(12)19-9-8-18-14/h1-10H,(H,21,22). The predicted octanol–water partition coefficient (Wildman–Crippen LogP) is 3.16. The Kier molecular flexibility index (Phi) is 4.20. The van der Waals surface area contributed by atoms with Crippen molar-refractivity contribution in [2.75, 3.05) is 0 Å². The fourth-order valence-corrected chi connectivity index (χ4v) is 2.21. The van der Waals surface area contributed by atoms with E-state index in [4.69, 9.17) is 0 Å². The number of fused-ring (bicyclic) bond motifs is 1. The molecule has 0 aliphatic rings. The van der Waals surface area contributed by atoms with E-state index >= 15 is 0 Å². The van der Waals surface area contributed by atoms with Gasteiger partial charge in [-0.1, -0.05) is 28.1 Å². The maximum atomic E-state index is 11.9. The number of amides is 1. The monoisotopic (exact) mass is 354 g/mol. The zero-order valence-corrected chi connectivity index (χ0v) is 13.0. The molecule has 1 amide bonds. The summed E-state index contributed by atoms with van der Waals surface area (Å²) in [6, 6.07) is 12.7. The summed E-state index contributed by atoms with van der Waals surface area (Å²) in [7, 11) is 0. The van der Waals surface area contributed by atoms with Gasteiger partial charge < -0.3 is 0 Å². The van der Waals surface area contributed by atoms with Crippen LogP contribution in [-0.4, -0.2) is 22.1 Å². The second-order valence-corrected chi connectivity index (χ2v) is 5.39. The van der Waals surface area contributed by atoms with Crippen LogP contribution in [0.2, 0.25) is 0 Å². The van der Waals surface area contributed by atoms with E-state index in [0.29, 0.717) is 5.56 Å². The van der Waals surface area contributed by atoms with Crippen molar-refractivity contribution in [2.24, 2.45) is 5.10 Å². The van der Waals surface area contributed by atoms with Gasteiger partial charge in [0.15, 0.2) is 0 Å². The van der Waals surface area contributed by atoms with Crippen molar-refractivity contribution in [3.05, 3.63) is 70.5 Å². The Morgan fingerprint density at radius 2 is 1.86 bits per heavy atom. The first-order valence-corrected chi connectivity index (χ1v) is 7.32. The number of carbonyl (C=O) groups is 1. The molecule has 0 atom stereocenters. The molecule has 1 aromatic heterocycles. The molecule has 0 aliphatic carbocycles. The van der Waals surface area contributed by atoms with Gasteiger partial charge in [-0.05, 0) is 30.3 Å². The number of carbonyl (C=O) groups excluding carboxylic acids is 1. The van der Waals surface area contributed by atoms with E-state index < -0.39 is 0 Å². The first kappa shape index (κ1) is 14.3. The molecule has 6 heteroatoms. The van der Waals surface area contributed by atoms with E-state index in [1.54, 1.807) is 42.9 Å². The highest BCUT2D eigenvalue weighted by atomic mass is 79.9. The van der Waals surface area contributed by atoms with E-state index in [9.17, 15) is 4.79 Å². The van der Waals surface area contributed by atoms with Crippen LogP contribution in [-0.2, 0) is 0 Å². The average molecular weight is 355 g/mol. The van der Waals surface area contributed by atoms with Crippen molar-refractivity contribution < 1.29 is 4.79 Å². The molecule has 0 saturated heterocycles. The zero-order chi connectivity index (χ0) is 15.4. The molecule has 0 unspecified atom stereocenters. The number of hydrogen-bond acceptors (Lipinski definition) is 4. The van der Waals surface area contributed by atoms with Crippen LogP contribution in [0.25, 0.3) is 11.0 Å². The van der Waals surface area contributed by atoms with Crippen LogP contribution in [0.1, 0.15) is 15.9 Å². The number of halogens is 1. The minimum absolute atomic E-state index is 0.268. The second-order valence-electron chi connectivity index (χ2n) is 4.48. The number of para-hydroxylation sites is 1. The van der Waals surface area contributed by atoms with E-state index in [1.165, 1.54) is 0 Å². The molecule has 0 fully saturated rings. The Hall–Kier alpha value is -2.60. The van der Waals surface area contributed by atoms with Gasteiger partial charge in [0.1, 0.15) is 0 Å². The van der Waals surface area contributed by atoms with Crippen LogP contribution in [0.4, 0.5) is 0 Å². The van der Waals surface area contributed by atoms with Gasteiger partial charge in [-0.2, -0.15) is 5.10 Å². The van der Waals surface area contributed by atoms with Gasteiger partial charge in [0, 0.05) is 28.0 Å². The molecular weight excluding hydrogens is 344 g/mol. The summed E-state index contributed by atoms with van der Waals surface area (Å²) in [4.78, 5) is 20.4. The predicted molar refractivity (Wildman–Crippen MR) is 88.7 cm³/mol. The number of nitrogens with zero attached hydrogens (tertiary/aromatic N) is 3. The second kappa shape index (κ2) is 6.44. The van der Waals surface area contributed by atoms with Crippen LogP contribution in [0.5, 0.6) is 0 Å². The fraction of sp³-hybridized carbons (Fsp3) is 0. The summed E-state index contributed by atoms with van der Waals surface area (Å²) in [5.41, 5.74) is 5.36. The topological polar surface area (TPSA) is 67.2 Å². The molecule has 3 aromatic rings. The maximum absolute atomic E-state index is 11.9. The van der Waals surface area contributed by atoms with Crippen molar-refractivity contribution in [3.8, 4) is 0 Å². The molecule has 0 saturated carbocycles. The smallest absolute Gasteiger partial charge is 0.267 e. The summed E-state index contributed by atoms with van der Waals surface area (Å²) in [5.74, 6) is -0.268. The van der Waals surface area contributed by atoms with E-state index in [-0.39, 0.29) is 5.91 Å². The Labute approximate surface area is 135 Å². The summed E-state index contributed by atoms with van der Waals surface area (Å²) in [5, 5.41) is 3.99. The third kappa shape index (κ3) is 3.17. The first-order valence-electron chi connectivity index (χ1n) is 6.53. The first-order chi connectivity index (χ1) is 10.7. The molecule has 3 rings (SSSR count). The molecule has 1 N–H and O–H groups in total. The Bertz CT molecular complexity index is 841. The Morgan fingerprint density at radius 3 is 2.68 bits per heavy atom. The SMILES string of the molecule is O=C(NN=Cc1cccc2nccnc12)c1ccc(Br)cc1. The molecule has 22 heavy (non-hydrogen) atoms. The Morgan fingerprint density at radius 1 is 1.09 bits per heavy atom. The van der Waals surface area contributed by atoms with Gasteiger partial charge in [0.05, 0.1) is 17.2 Å². The molecule has 1 heterocycles. The number of rotatable bonds is 3. The van der Waals surface area contributed by atoms with Gasteiger partial charge in [0.25, 0.3) is 5.91 Å². The summed E-state index contributed by atoms with van der Waals surface area (Å²) < 4.78 is 0.918. The van der Waals surface area contributed by atoms with E-state index in [0.717, 1.165) is 21.1 Å². The number of benzene rings is 2. The lowest BCUT2D eigenvalue weighted by atomic mass is 10.2. The van der Waals surface area contributed by atoms with Crippen LogP contribution < -0.4 is 5.43 Å². The number of hydrogen-bond donors (Lipinski definition) is 1. The van der Waals surface area contributed by atoms with Crippen LogP contribution >= 0.6 is 15.9 Å². The summed E-state index contributed by atoms with van der Waals surface area (Å²) in [6.45, 7) is 0. The Balaban J connectivity index is 1.76. The molecule has 2 aromatic carbocycles. The highest BCUT2D eigenvalue weighted by Crippen LogP contribution is 2.12. The third-order valence-corrected chi connectivity index (χ3v) is 3.53. The summed E-state index contributed by atoms with van der Waals surface area (Å²) >= 11 is 3.33. The lowest BCUT2D eigenvalue weighted by Crippen LogP contribution is -2.17. The zero-order valence-electron chi connectivity index (χ0n) is 11.4. The van der Waals surface area contributed by atoms with Crippen molar-refractivity contribution in [3.63, 3.8) is 0 Å². The largest absolute Gasteiger partial charge is 0.271 e. The van der Waals surface area contributed by atoms with Gasteiger partial charge in [-0.3, -0.25) is 14.8 Å². The minimum atomic E-state index is -0.268. The van der Waals surface area contributed by atoms with Crippen LogP contribution in [0, 0.1) is 0 Å². The summed E-state index contributed by atoms with van der Waals surface area (Å²) in [6.07, 6.45) is 4.83. The van der Waals surface area contributed by atoms with Crippen molar-refractivity contribution in [1.29, 1.82) is 0 Å².